The Morgan fingerprint density at radius 3 is 2.52 bits per heavy atom. The van der Waals surface area contributed by atoms with Crippen molar-refractivity contribution in [3.63, 3.8) is 0 Å². The zero-order valence-electron chi connectivity index (χ0n) is 12.6. The van der Waals surface area contributed by atoms with Gasteiger partial charge < -0.3 is 15.4 Å². The average Bonchev–Trinajstić information content (AvgIpc) is 2.48. The molecule has 0 unspecified atom stereocenters. The van der Waals surface area contributed by atoms with Gasteiger partial charge >= 0.3 is 0 Å². The van der Waals surface area contributed by atoms with Crippen molar-refractivity contribution in [1.29, 1.82) is 0 Å². The topological polar surface area (TPSA) is 38.5 Å². The number of hydrogen-bond acceptors (Lipinski definition) is 3. The molecule has 1 atom stereocenters. The highest BCUT2D eigenvalue weighted by atomic mass is 35.5. The highest BCUT2D eigenvalue weighted by Gasteiger charge is 2.16. The van der Waals surface area contributed by atoms with Crippen molar-refractivity contribution in [2.75, 3.05) is 19.1 Å². The van der Waals surface area contributed by atoms with Crippen LogP contribution in [0.25, 0.3) is 0 Å². The van der Waals surface area contributed by atoms with E-state index in [2.05, 4.69) is 11.0 Å². The Morgan fingerprint density at radius 2 is 1.90 bits per heavy atom. The van der Waals surface area contributed by atoms with Crippen molar-refractivity contribution in [2.24, 2.45) is 5.73 Å². The Morgan fingerprint density at radius 1 is 1.19 bits per heavy atom. The monoisotopic (exact) mass is 304 g/mol. The van der Waals surface area contributed by atoms with Gasteiger partial charge in [0.1, 0.15) is 5.75 Å². The van der Waals surface area contributed by atoms with Crippen LogP contribution in [0.2, 0.25) is 5.02 Å². The maximum Gasteiger partial charge on any atom is 0.125 e. The highest BCUT2D eigenvalue weighted by Crippen LogP contribution is 2.34. The molecular formula is C17H21ClN2O. The second-order valence-electron chi connectivity index (χ2n) is 5.13. The van der Waals surface area contributed by atoms with Gasteiger partial charge in [0, 0.05) is 35.9 Å². The molecule has 0 aliphatic carbocycles. The number of nitrogens with two attached hydrogens (primary N) is 1. The van der Waals surface area contributed by atoms with Crippen molar-refractivity contribution < 1.29 is 4.74 Å². The predicted octanol–water partition coefficient (Wildman–Crippen LogP) is 4.00. The molecule has 3 nitrogen and oxygen atoms in total. The van der Waals surface area contributed by atoms with E-state index in [4.69, 9.17) is 22.1 Å². The van der Waals surface area contributed by atoms with Gasteiger partial charge in [-0.15, -0.1) is 0 Å². The van der Waals surface area contributed by atoms with Crippen LogP contribution in [0.3, 0.4) is 0 Å². The van der Waals surface area contributed by atoms with E-state index in [0.29, 0.717) is 6.54 Å². The van der Waals surface area contributed by atoms with E-state index in [1.165, 1.54) is 0 Å². The fourth-order valence-corrected chi connectivity index (χ4v) is 2.66. The Kier molecular flexibility index (Phi) is 5.10. The highest BCUT2D eigenvalue weighted by molar-refractivity contribution is 6.31. The molecule has 2 aromatic carbocycles. The normalized spacial score (nSPS) is 12.0. The summed E-state index contributed by atoms with van der Waals surface area (Å²) in [4.78, 5) is 2.14. The number of methoxy groups -OCH3 is 1. The first kappa shape index (κ1) is 15.7. The first-order chi connectivity index (χ1) is 10.0. The van der Waals surface area contributed by atoms with Crippen LogP contribution in [-0.2, 0) is 6.54 Å². The predicted molar refractivity (Wildman–Crippen MR) is 89.2 cm³/mol. The van der Waals surface area contributed by atoms with E-state index in [9.17, 15) is 0 Å². The molecule has 2 rings (SSSR count). The zero-order valence-corrected chi connectivity index (χ0v) is 13.4. The van der Waals surface area contributed by atoms with Gasteiger partial charge in [-0.2, -0.15) is 0 Å². The lowest BCUT2D eigenvalue weighted by Gasteiger charge is -2.26. The maximum atomic E-state index is 6.24. The third kappa shape index (κ3) is 3.49. The minimum Gasteiger partial charge on any atom is -0.496 e. The Balaban J connectivity index is 2.35. The minimum absolute atomic E-state index is 0.107. The molecule has 2 aromatic rings. The summed E-state index contributed by atoms with van der Waals surface area (Å²) in [6.07, 6.45) is 0. The standard InChI is InChI=1S/C17H21ClN2O/c1-12(19)17-15(9-6-10-16(17)21-3)20(2)11-13-7-4-5-8-14(13)18/h4-10,12H,11,19H2,1-3H3/t12-/m1/s1. The summed E-state index contributed by atoms with van der Waals surface area (Å²) < 4.78 is 5.44. The first-order valence-corrected chi connectivity index (χ1v) is 7.29. The molecule has 0 bridgehead atoms. The van der Waals surface area contributed by atoms with Gasteiger partial charge in [-0.1, -0.05) is 35.9 Å². The van der Waals surface area contributed by atoms with Crippen molar-refractivity contribution in [3.8, 4) is 5.75 Å². The van der Waals surface area contributed by atoms with Crippen molar-refractivity contribution in [2.45, 2.75) is 19.5 Å². The number of halogens is 1. The summed E-state index contributed by atoms with van der Waals surface area (Å²) in [5, 5.41) is 0.773. The number of benzene rings is 2. The van der Waals surface area contributed by atoms with Crippen LogP contribution in [-0.4, -0.2) is 14.2 Å². The maximum absolute atomic E-state index is 6.24. The van der Waals surface area contributed by atoms with Gasteiger partial charge in [-0.05, 0) is 30.7 Å². The van der Waals surface area contributed by atoms with Gasteiger partial charge in [0.05, 0.1) is 7.11 Å². The molecule has 4 heteroatoms. The lowest BCUT2D eigenvalue weighted by molar-refractivity contribution is 0.407. The number of rotatable bonds is 5. The first-order valence-electron chi connectivity index (χ1n) is 6.91. The van der Waals surface area contributed by atoms with E-state index in [-0.39, 0.29) is 6.04 Å². The second-order valence-corrected chi connectivity index (χ2v) is 5.54. The summed E-state index contributed by atoms with van der Waals surface area (Å²) in [5.74, 6) is 0.813. The van der Waals surface area contributed by atoms with Gasteiger partial charge in [0.25, 0.3) is 0 Å². The summed E-state index contributed by atoms with van der Waals surface area (Å²) in [5.41, 5.74) is 9.27. The van der Waals surface area contributed by atoms with Gasteiger partial charge in [-0.3, -0.25) is 0 Å². The Labute approximate surface area is 131 Å². The number of ether oxygens (including phenoxy) is 1. The molecular weight excluding hydrogens is 284 g/mol. The van der Waals surface area contributed by atoms with Crippen LogP contribution in [0.1, 0.15) is 24.1 Å². The molecule has 0 radical (unpaired) electrons. The fourth-order valence-electron chi connectivity index (χ4n) is 2.47. The van der Waals surface area contributed by atoms with E-state index in [1.807, 2.05) is 50.4 Å². The largest absolute Gasteiger partial charge is 0.496 e. The van der Waals surface area contributed by atoms with Gasteiger partial charge in [0.15, 0.2) is 0 Å². The average molecular weight is 305 g/mol. The zero-order chi connectivity index (χ0) is 15.4. The molecule has 0 aliphatic heterocycles. The lowest BCUT2D eigenvalue weighted by Crippen LogP contribution is -2.21. The summed E-state index contributed by atoms with van der Waals surface area (Å²) in [6.45, 7) is 2.68. The summed E-state index contributed by atoms with van der Waals surface area (Å²) in [6, 6.07) is 13.7. The van der Waals surface area contributed by atoms with Gasteiger partial charge in [0.2, 0.25) is 0 Å². The van der Waals surface area contributed by atoms with E-state index >= 15 is 0 Å². The Bertz CT molecular complexity index is 613. The van der Waals surface area contributed by atoms with Crippen LogP contribution in [0.4, 0.5) is 5.69 Å². The number of anilines is 1. The molecule has 2 N–H and O–H groups in total. The van der Waals surface area contributed by atoms with Crippen LogP contribution in [0.15, 0.2) is 42.5 Å². The fraction of sp³-hybridized carbons (Fsp3) is 0.294. The SMILES string of the molecule is COc1cccc(N(C)Cc2ccccc2Cl)c1[C@@H](C)N. The van der Waals surface area contributed by atoms with Crippen LogP contribution in [0.5, 0.6) is 5.75 Å². The molecule has 0 spiro atoms. The Hall–Kier alpha value is -1.71. The van der Waals surface area contributed by atoms with E-state index < -0.39 is 0 Å². The molecule has 112 valence electrons. The molecule has 21 heavy (non-hydrogen) atoms. The molecule has 0 saturated heterocycles. The second kappa shape index (κ2) is 6.83. The smallest absolute Gasteiger partial charge is 0.125 e. The van der Waals surface area contributed by atoms with Crippen molar-refractivity contribution >= 4 is 17.3 Å². The third-order valence-corrected chi connectivity index (χ3v) is 3.86. The van der Waals surface area contributed by atoms with Crippen molar-refractivity contribution in [1.82, 2.24) is 0 Å². The van der Waals surface area contributed by atoms with Crippen LogP contribution in [0, 0.1) is 0 Å². The van der Waals surface area contributed by atoms with E-state index in [1.54, 1.807) is 7.11 Å². The molecule has 0 fully saturated rings. The molecule has 0 aromatic heterocycles. The molecule has 0 aliphatic rings. The molecule has 0 heterocycles. The van der Waals surface area contributed by atoms with Crippen LogP contribution >= 0.6 is 11.6 Å². The van der Waals surface area contributed by atoms with Crippen molar-refractivity contribution in [3.05, 3.63) is 58.6 Å². The molecule has 0 saturated carbocycles. The summed E-state index contributed by atoms with van der Waals surface area (Å²) in [7, 11) is 3.70. The number of nitrogens with zero attached hydrogens (tertiary/aromatic N) is 1. The van der Waals surface area contributed by atoms with Crippen LogP contribution < -0.4 is 15.4 Å². The lowest BCUT2D eigenvalue weighted by atomic mass is 10.0. The molecule has 0 amide bonds. The quantitative estimate of drug-likeness (QED) is 0.907. The van der Waals surface area contributed by atoms with Gasteiger partial charge in [-0.25, -0.2) is 0 Å². The van der Waals surface area contributed by atoms with E-state index in [0.717, 1.165) is 27.6 Å². The third-order valence-electron chi connectivity index (χ3n) is 3.49. The summed E-state index contributed by atoms with van der Waals surface area (Å²) >= 11 is 6.24. The minimum atomic E-state index is -0.107. The number of hydrogen-bond donors (Lipinski definition) is 1.